The summed E-state index contributed by atoms with van der Waals surface area (Å²) in [5.41, 5.74) is 0.284. The third-order valence-corrected chi connectivity index (χ3v) is 6.34. The fourth-order valence-corrected chi connectivity index (χ4v) is 4.29. The van der Waals surface area contributed by atoms with E-state index in [0.29, 0.717) is 0 Å². The molecule has 2 aromatic heterocycles. The molecular weight excluding hydrogens is 450 g/mol. The van der Waals surface area contributed by atoms with Gasteiger partial charge in [-0.25, -0.2) is 22.9 Å². The van der Waals surface area contributed by atoms with Crippen LogP contribution >= 0.6 is 22.9 Å². The number of thiophene rings is 1. The summed E-state index contributed by atoms with van der Waals surface area (Å²) in [6, 6.07) is 12.1. The molecule has 0 aliphatic carbocycles. The number of carbonyl (C=O) groups is 2. The zero-order valence-electron chi connectivity index (χ0n) is 15.4. The molecule has 0 aliphatic rings. The van der Waals surface area contributed by atoms with Crippen LogP contribution in [-0.4, -0.2) is 31.9 Å². The first kappa shape index (κ1) is 21.9. The fraction of sp³-hybridized carbons (Fsp3) is 0.105. The lowest BCUT2D eigenvalue weighted by molar-refractivity contribution is -0.119. The number of anilines is 1. The first-order chi connectivity index (χ1) is 14.3. The molecule has 11 heteroatoms. The summed E-state index contributed by atoms with van der Waals surface area (Å²) < 4.78 is 32.4. The van der Waals surface area contributed by atoms with Crippen LogP contribution in [0.15, 0.2) is 65.0 Å². The lowest BCUT2D eigenvalue weighted by atomic mass is 10.2. The SMILES string of the molecule is O=C(COC(=O)c1cccc(S(=O)(=O)NCc2cccs2)c1)Nc1cccnc1Cl. The minimum Gasteiger partial charge on any atom is -0.452 e. The van der Waals surface area contributed by atoms with E-state index in [9.17, 15) is 18.0 Å². The molecule has 0 radical (unpaired) electrons. The van der Waals surface area contributed by atoms with Crippen LogP contribution in [0.5, 0.6) is 0 Å². The van der Waals surface area contributed by atoms with Crippen molar-refractivity contribution in [2.75, 3.05) is 11.9 Å². The van der Waals surface area contributed by atoms with Crippen molar-refractivity contribution in [2.24, 2.45) is 0 Å². The topological polar surface area (TPSA) is 114 Å². The number of nitrogens with one attached hydrogen (secondary N) is 2. The van der Waals surface area contributed by atoms with Gasteiger partial charge in [0.1, 0.15) is 0 Å². The maximum absolute atomic E-state index is 12.5. The van der Waals surface area contributed by atoms with E-state index < -0.39 is 28.5 Å². The molecule has 2 heterocycles. The van der Waals surface area contributed by atoms with Crippen molar-refractivity contribution in [1.82, 2.24) is 9.71 Å². The summed E-state index contributed by atoms with van der Waals surface area (Å²) in [7, 11) is -3.82. The molecule has 3 aromatic rings. The van der Waals surface area contributed by atoms with Gasteiger partial charge in [-0.05, 0) is 41.8 Å². The van der Waals surface area contributed by atoms with Gasteiger partial charge in [-0.3, -0.25) is 4.79 Å². The summed E-state index contributed by atoms with van der Waals surface area (Å²) in [5.74, 6) is -1.45. The molecule has 0 atom stereocenters. The number of halogens is 1. The van der Waals surface area contributed by atoms with Gasteiger partial charge in [0, 0.05) is 17.6 Å². The second kappa shape index (κ2) is 9.81. The van der Waals surface area contributed by atoms with Crippen molar-refractivity contribution in [1.29, 1.82) is 0 Å². The van der Waals surface area contributed by atoms with Crippen LogP contribution < -0.4 is 10.0 Å². The molecular formula is C19H16ClN3O5S2. The molecule has 3 rings (SSSR count). The first-order valence-electron chi connectivity index (χ1n) is 8.55. The van der Waals surface area contributed by atoms with E-state index in [0.717, 1.165) is 4.88 Å². The molecule has 0 unspecified atom stereocenters. The Kier molecular flexibility index (Phi) is 7.16. The Balaban J connectivity index is 1.60. The smallest absolute Gasteiger partial charge is 0.338 e. The van der Waals surface area contributed by atoms with Gasteiger partial charge < -0.3 is 10.1 Å². The van der Waals surface area contributed by atoms with Crippen LogP contribution in [0.1, 0.15) is 15.2 Å². The maximum Gasteiger partial charge on any atom is 0.338 e. The quantitative estimate of drug-likeness (QED) is 0.390. The Morgan fingerprint density at radius 2 is 1.97 bits per heavy atom. The molecule has 0 fully saturated rings. The van der Waals surface area contributed by atoms with Crippen LogP contribution in [-0.2, 0) is 26.1 Å². The molecule has 0 spiro atoms. The zero-order valence-corrected chi connectivity index (χ0v) is 17.8. The van der Waals surface area contributed by atoms with Gasteiger partial charge in [0.25, 0.3) is 5.91 Å². The number of carbonyl (C=O) groups excluding carboxylic acids is 2. The van der Waals surface area contributed by atoms with Gasteiger partial charge in [-0.1, -0.05) is 23.7 Å². The standard InChI is InChI=1S/C19H16ClN3O5S2/c20-18-16(7-2-8-21-18)23-17(24)12-28-19(25)13-4-1-6-15(10-13)30(26,27)22-11-14-5-3-9-29-14/h1-10,22H,11-12H2,(H,23,24). The van der Waals surface area contributed by atoms with Gasteiger partial charge >= 0.3 is 5.97 Å². The number of aromatic nitrogens is 1. The van der Waals surface area contributed by atoms with Gasteiger partial charge in [0.05, 0.1) is 16.1 Å². The number of ether oxygens (including phenoxy) is 1. The second-order valence-corrected chi connectivity index (χ2v) is 9.06. The first-order valence-corrected chi connectivity index (χ1v) is 11.3. The summed E-state index contributed by atoms with van der Waals surface area (Å²) in [4.78, 5) is 28.8. The summed E-state index contributed by atoms with van der Waals surface area (Å²) in [5, 5.41) is 4.42. The number of sulfonamides is 1. The number of benzene rings is 1. The van der Waals surface area contributed by atoms with E-state index in [1.165, 1.54) is 41.8 Å². The number of amides is 1. The molecule has 0 bridgehead atoms. The number of hydrogen-bond donors (Lipinski definition) is 2. The molecule has 156 valence electrons. The highest BCUT2D eigenvalue weighted by Gasteiger charge is 2.18. The largest absolute Gasteiger partial charge is 0.452 e. The summed E-state index contributed by atoms with van der Waals surface area (Å²) in [6.45, 7) is -0.427. The molecule has 1 amide bonds. The molecule has 0 saturated heterocycles. The molecule has 2 N–H and O–H groups in total. The van der Waals surface area contributed by atoms with E-state index in [4.69, 9.17) is 16.3 Å². The van der Waals surface area contributed by atoms with E-state index in [1.807, 2.05) is 17.5 Å². The van der Waals surface area contributed by atoms with Crippen molar-refractivity contribution >= 4 is 50.5 Å². The highest BCUT2D eigenvalue weighted by Crippen LogP contribution is 2.17. The third kappa shape index (κ3) is 5.86. The van der Waals surface area contributed by atoms with Crippen LogP contribution in [0.2, 0.25) is 5.15 Å². The Morgan fingerprint density at radius 3 is 2.70 bits per heavy atom. The minimum absolute atomic E-state index is 0.00112. The molecule has 0 aliphatic heterocycles. The van der Waals surface area contributed by atoms with Crippen molar-refractivity contribution in [3.8, 4) is 0 Å². The van der Waals surface area contributed by atoms with E-state index in [-0.39, 0.29) is 27.8 Å². The number of nitrogens with zero attached hydrogens (tertiary/aromatic N) is 1. The Hall–Kier alpha value is -2.79. The van der Waals surface area contributed by atoms with E-state index in [2.05, 4.69) is 15.0 Å². The Labute approximate surface area is 181 Å². The van der Waals surface area contributed by atoms with Crippen molar-refractivity contribution in [2.45, 2.75) is 11.4 Å². The van der Waals surface area contributed by atoms with Crippen molar-refractivity contribution < 1.29 is 22.7 Å². The highest BCUT2D eigenvalue weighted by atomic mass is 35.5. The molecule has 8 nitrogen and oxygen atoms in total. The number of rotatable bonds is 8. The van der Waals surface area contributed by atoms with Crippen molar-refractivity contribution in [3.63, 3.8) is 0 Å². The Bertz CT molecular complexity index is 1150. The van der Waals surface area contributed by atoms with Crippen LogP contribution in [0.4, 0.5) is 5.69 Å². The third-order valence-electron chi connectivity index (χ3n) is 3.76. The average Bonchev–Trinajstić information content (AvgIpc) is 3.26. The summed E-state index contributed by atoms with van der Waals surface area (Å²) in [6.07, 6.45) is 1.47. The van der Waals surface area contributed by atoms with Gasteiger partial charge in [-0.2, -0.15) is 0 Å². The lowest BCUT2D eigenvalue weighted by Crippen LogP contribution is -2.23. The van der Waals surface area contributed by atoms with Crippen LogP contribution in [0.25, 0.3) is 0 Å². The predicted molar refractivity (Wildman–Crippen MR) is 113 cm³/mol. The summed E-state index contributed by atoms with van der Waals surface area (Å²) >= 11 is 7.28. The van der Waals surface area contributed by atoms with Crippen LogP contribution in [0.3, 0.4) is 0 Å². The molecule has 0 saturated carbocycles. The van der Waals surface area contributed by atoms with E-state index >= 15 is 0 Å². The normalized spacial score (nSPS) is 11.1. The fourth-order valence-electron chi connectivity index (χ4n) is 2.33. The average molecular weight is 466 g/mol. The number of esters is 1. The number of pyridine rings is 1. The van der Waals surface area contributed by atoms with Gasteiger partial charge in [-0.15, -0.1) is 11.3 Å². The minimum atomic E-state index is -3.82. The van der Waals surface area contributed by atoms with E-state index in [1.54, 1.807) is 12.1 Å². The monoisotopic (exact) mass is 465 g/mol. The number of hydrogen-bond acceptors (Lipinski definition) is 7. The van der Waals surface area contributed by atoms with Crippen LogP contribution in [0, 0.1) is 0 Å². The Morgan fingerprint density at radius 1 is 1.13 bits per heavy atom. The highest BCUT2D eigenvalue weighted by molar-refractivity contribution is 7.89. The van der Waals surface area contributed by atoms with Crippen molar-refractivity contribution in [3.05, 3.63) is 75.7 Å². The second-order valence-electron chi connectivity index (χ2n) is 5.90. The predicted octanol–water partition coefficient (Wildman–Crippen LogP) is 3.07. The zero-order chi connectivity index (χ0) is 21.6. The van der Waals surface area contributed by atoms with Gasteiger partial charge in [0.2, 0.25) is 10.0 Å². The maximum atomic E-state index is 12.5. The lowest BCUT2D eigenvalue weighted by Gasteiger charge is -2.09. The molecule has 1 aromatic carbocycles. The van der Waals surface area contributed by atoms with Gasteiger partial charge in [0.15, 0.2) is 11.8 Å². The molecule has 30 heavy (non-hydrogen) atoms.